The molecule has 3 aromatic rings. The molecule has 148 valence electrons. The van der Waals surface area contributed by atoms with E-state index in [0.29, 0.717) is 11.4 Å². The SMILES string of the molecule is CC(=O)C(=NNc1ccccc1)C(C)=Nc1c(C)n(C)n(-c2ccccc2)c1=O. The fraction of sp³-hybridized carbons (Fsp3) is 0.182. The van der Waals surface area contributed by atoms with E-state index in [1.165, 1.54) is 6.92 Å². The number of para-hydroxylation sites is 2. The number of rotatable bonds is 6. The van der Waals surface area contributed by atoms with Crippen LogP contribution in [0.3, 0.4) is 0 Å². The van der Waals surface area contributed by atoms with Crippen molar-refractivity contribution in [3.05, 3.63) is 76.7 Å². The number of nitrogens with zero attached hydrogens (tertiary/aromatic N) is 4. The molecule has 0 aliphatic heterocycles. The monoisotopic (exact) mass is 389 g/mol. The third-order valence-electron chi connectivity index (χ3n) is 4.55. The molecule has 0 atom stereocenters. The van der Waals surface area contributed by atoms with Crippen molar-refractivity contribution in [3.8, 4) is 5.69 Å². The predicted molar refractivity (Wildman–Crippen MR) is 117 cm³/mol. The molecule has 0 spiro atoms. The lowest BCUT2D eigenvalue weighted by atomic mass is 10.2. The maximum Gasteiger partial charge on any atom is 0.297 e. The minimum atomic E-state index is -0.255. The van der Waals surface area contributed by atoms with Gasteiger partial charge in [0, 0.05) is 14.0 Å². The lowest BCUT2D eigenvalue weighted by molar-refractivity contribution is -0.110. The van der Waals surface area contributed by atoms with Crippen LogP contribution in [0, 0.1) is 6.92 Å². The fourth-order valence-corrected chi connectivity index (χ4v) is 2.95. The molecule has 0 radical (unpaired) electrons. The molecule has 1 aromatic heterocycles. The minimum Gasteiger partial charge on any atom is -0.293 e. The van der Waals surface area contributed by atoms with Crippen molar-refractivity contribution < 1.29 is 4.79 Å². The highest BCUT2D eigenvalue weighted by Gasteiger charge is 2.18. The number of aromatic nitrogens is 2. The molecule has 0 unspecified atom stereocenters. The highest BCUT2D eigenvalue weighted by Crippen LogP contribution is 2.17. The number of benzene rings is 2. The summed E-state index contributed by atoms with van der Waals surface area (Å²) in [6.07, 6.45) is 0. The Morgan fingerprint density at radius 3 is 2.14 bits per heavy atom. The molecule has 3 rings (SSSR count). The van der Waals surface area contributed by atoms with Gasteiger partial charge in [-0.3, -0.25) is 19.7 Å². The summed E-state index contributed by atoms with van der Waals surface area (Å²) in [6.45, 7) is 4.91. The molecule has 0 aliphatic rings. The van der Waals surface area contributed by atoms with Crippen LogP contribution in [-0.4, -0.2) is 26.6 Å². The van der Waals surface area contributed by atoms with Crippen molar-refractivity contribution in [2.75, 3.05) is 5.43 Å². The van der Waals surface area contributed by atoms with E-state index in [0.717, 1.165) is 11.4 Å². The maximum atomic E-state index is 13.0. The Bertz CT molecular complexity index is 1140. The highest BCUT2D eigenvalue weighted by molar-refractivity contribution is 6.66. The van der Waals surface area contributed by atoms with Crippen LogP contribution in [0.4, 0.5) is 11.4 Å². The van der Waals surface area contributed by atoms with E-state index in [9.17, 15) is 9.59 Å². The van der Waals surface area contributed by atoms with Gasteiger partial charge < -0.3 is 0 Å². The molecule has 0 saturated heterocycles. The van der Waals surface area contributed by atoms with Crippen molar-refractivity contribution in [2.24, 2.45) is 17.1 Å². The van der Waals surface area contributed by atoms with Gasteiger partial charge in [0.1, 0.15) is 5.71 Å². The Labute approximate surface area is 169 Å². The molecular weight excluding hydrogens is 366 g/mol. The second-order valence-electron chi connectivity index (χ2n) is 6.60. The number of aliphatic imine (C=N–C) groups is 1. The van der Waals surface area contributed by atoms with Gasteiger partial charge in [0.2, 0.25) is 0 Å². The molecular formula is C22H23N5O2. The molecule has 0 amide bonds. The number of Topliss-reactive ketones (excluding diaryl/α,β-unsaturated/α-hetero) is 1. The molecule has 0 saturated carbocycles. The van der Waals surface area contributed by atoms with Gasteiger partial charge >= 0.3 is 0 Å². The summed E-state index contributed by atoms with van der Waals surface area (Å²) in [7, 11) is 1.80. The average Bonchev–Trinajstić information content (AvgIpc) is 2.92. The number of hydrogen-bond donors (Lipinski definition) is 1. The van der Waals surface area contributed by atoms with E-state index in [1.807, 2.05) is 67.6 Å². The summed E-state index contributed by atoms with van der Waals surface area (Å²) in [6, 6.07) is 18.6. The first-order chi connectivity index (χ1) is 13.9. The minimum absolute atomic E-state index is 0.169. The molecule has 7 heteroatoms. The number of hydrogen-bond acceptors (Lipinski definition) is 5. The van der Waals surface area contributed by atoms with E-state index in [2.05, 4.69) is 15.5 Å². The lowest BCUT2D eigenvalue weighted by Crippen LogP contribution is -2.22. The zero-order chi connectivity index (χ0) is 21.0. The summed E-state index contributed by atoms with van der Waals surface area (Å²) < 4.78 is 3.30. The summed E-state index contributed by atoms with van der Waals surface area (Å²) >= 11 is 0. The van der Waals surface area contributed by atoms with Crippen LogP contribution in [0.25, 0.3) is 5.69 Å². The van der Waals surface area contributed by atoms with Crippen LogP contribution < -0.4 is 11.0 Å². The van der Waals surface area contributed by atoms with Crippen molar-refractivity contribution in [1.82, 2.24) is 9.36 Å². The summed E-state index contributed by atoms with van der Waals surface area (Å²) in [5.74, 6) is -0.244. The summed E-state index contributed by atoms with van der Waals surface area (Å²) in [4.78, 5) is 29.6. The molecule has 0 fully saturated rings. The largest absolute Gasteiger partial charge is 0.297 e. The molecule has 7 nitrogen and oxygen atoms in total. The first-order valence-corrected chi connectivity index (χ1v) is 9.19. The zero-order valence-electron chi connectivity index (χ0n) is 16.9. The van der Waals surface area contributed by atoms with Crippen molar-refractivity contribution in [2.45, 2.75) is 20.8 Å². The van der Waals surface area contributed by atoms with Gasteiger partial charge in [-0.05, 0) is 38.1 Å². The smallest absolute Gasteiger partial charge is 0.293 e. The van der Waals surface area contributed by atoms with Crippen LogP contribution in [0.1, 0.15) is 19.5 Å². The third kappa shape index (κ3) is 4.24. The molecule has 0 bridgehead atoms. The van der Waals surface area contributed by atoms with Crippen LogP contribution in [0.2, 0.25) is 0 Å². The number of ketones is 1. The van der Waals surface area contributed by atoms with Gasteiger partial charge in [0.25, 0.3) is 5.56 Å². The number of carbonyl (C=O) groups excluding carboxylic acids is 1. The van der Waals surface area contributed by atoms with Crippen LogP contribution >= 0.6 is 0 Å². The van der Waals surface area contributed by atoms with Gasteiger partial charge in [-0.2, -0.15) is 5.10 Å². The Kier molecular flexibility index (Phi) is 5.87. The highest BCUT2D eigenvalue weighted by atomic mass is 16.1. The van der Waals surface area contributed by atoms with Crippen molar-refractivity contribution in [1.29, 1.82) is 0 Å². The Balaban J connectivity index is 2.02. The van der Waals surface area contributed by atoms with E-state index in [4.69, 9.17) is 0 Å². The molecule has 2 aromatic carbocycles. The number of carbonyl (C=O) groups is 1. The normalized spacial score (nSPS) is 12.1. The van der Waals surface area contributed by atoms with E-state index in [-0.39, 0.29) is 22.7 Å². The van der Waals surface area contributed by atoms with Crippen molar-refractivity contribution in [3.63, 3.8) is 0 Å². The van der Waals surface area contributed by atoms with Crippen LogP contribution in [0.5, 0.6) is 0 Å². The molecule has 1 N–H and O–H groups in total. The quantitative estimate of drug-likeness (QED) is 0.516. The summed E-state index contributed by atoms with van der Waals surface area (Å²) in [5, 5.41) is 4.21. The van der Waals surface area contributed by atoms with E-state index >= 15 is 0 Å². The zero-order valence-corrected chi connectivity index (χ0v) is 16.9. The number of anilines is 1. The first kappa shape index (κ1) is 20.0. The summed E-state index contributed by atoms with van der Waals surface area (Å²) in [5.41, 5.74) is 5.61. The third-order valence-corrected chi connectivity index (χ3v) is 4.55. The lowest BCUT2D eigenvalue weighted by Gasteiger charge is -2.07. The van der Waals surface area contributed by atoms with Crippen LogP contribution in [-0.2, 0) is 11.8 Å². The van der Waals surface area contributed by atoms with Gasteiger partial charge in [-0.25, -0.2) is 9.67 Å². The van der Waals surface area contributed by atoms with Gasteiger partial charge in [0.05, 0.1) is 22.8 Å². The first-order valence-electron chi connectivity index (χ1n) is 9.19. The number of nitrogens with one attached hydrogen (secondary N) is 1. The van der Waals surface area contributed by atoms with Crippen molar-refractivity contribution >= 4 is 28.6 Å². The Morgan fingerprint density at radius 1 is 0.966 bits per heavy atom. The Morgan fingerprint density at radius 2 is 1.55 bits per heavy atom. The van der Waals surface area contributed by atoms with Gasteiger partial charge in [-0.1, -0.05) is 36.4 Å². The molecule has 29 heavy (non-hydrogen) atoms. The maximum absolute atomic E-state index is 13.0. The fourth-order valence-electron chi connectivity index (χ4n) is 2.95. The Hall–Kier alpha value is -3.74. The number of hydrazone groups is 1. The van der Waals surface area contributed by atoms with E-state index < -0.39 is 0 Å². The standard InChI is InChI=1S/C22H23N5O2/c1-15(20(17(3)28)25-24-18-11-7-5-8-12-18)23-21-16(2)26(4)27(22(21)29)19-13-9-6-10-14-19/h5-14,24H,1-4H3. The predicted octanol–water partition coefficient (Wildman–Crippen LogP) is 3.63. The average molecular weight is 389 g/mol. The second kappa shape index (κ2) is 8.52. The van der Waals surface area contributed by atoms with Gasteiger partial charge in [-0.15, -0.1) is 0 Å². The van der Waals surface area contributed by atoms with Crippen LogP contribution in [0.15, 0.2) is 75.6 Å². The second-order valence-corrected chi connectivity index (χ2v) is 6.60. The molecule has 0 aliphatic carbocycles. The topological polar surface area (TPSA) is 80.8 Å². The van der Waals surface area contributed by atoms with E-state index in [1.54, 1.807) is 23.3 Å². The molecule has 1 heterocycles. The van der Waals surface area contributed by atoms with Gasteiger partial charge in [0.15, 0.2) is 11.5 Å².